The first-order valence-electron chi connectivity index (χ1n) is 7.73. The number of benzene rings is 1. The van der Waals surface area contributed by atoms with Crippen molar-refractivity contribution < 1.29 is 9.53 Å². The molecule has 0 saturated carbocycles. The van der Waals surface area contributed by atoms with Crippen molar-refractivity contribution in [1.29, 1.82) is 0 Å². The van der Waals surface area contributed by atoms with Gasteiger partial charge in [0.2, 0.25) is 5.91 Å². The second kappa shape index (κ2) is 5.94. The molecule has 2 atom stereocenters. The van der Waals surface area contributed by atoms with Gasteiger partial charge in [0, 0.05) is 18.1 Å². The molecule has 3 heterocycles. The zero-order chi connectivity index (χ0) is 15.8. The molecule has 1 fully saturated rings. The predicted molar refractivity (Wildman–Crippen MR) is 84.0 cm³/mol. The van der Waals surface area contributed by atoms with E-state index in [9.17, 15) is 4.79 Å². The van der Waals surface area contributed by atoms with Gasteiger partial charge in [0.25, 0.3) is 0 Å². The minimum Gasteiger partial charge on any atom is -0.370 e. The highest BCUT2D eigenvalue weighted by Crippen LogP contribution is 2.30. The minimum atomic E-state index is 0.0594. The number of carbonyl (C=O) groups excluding carboxylic acids is 1. The average molecular weight is 333 g/mol. The zero-order valence-electron chi connectivity index (χ0n) is 12.6. The molecule has 2 aliphatic rings. The SMILES string of the molecule is O=C(Cc1ccc(Cl)cc1)N1CC[C@H]2OCc3cnnn3[C@@H]2C1. The summed E-state index contributed by atoms with van der Waals surface area (Å²) in [5.41, 5.74) is 1.95. The second-order valence-corrected chi connectivity index (χ2v) is 6.45. The molecule has 1 saturated heterocycles. The maximum Gasteiger partial charge on any atom is 0.227 e. The minimum absolute atomic E-state index is 0.0594. The molecule has 2 aromatic rings. The van der Waals surface area contributed by atoms with Gasteiger partial charge in [0.1, 0.15) is 0 Å². The van der Waals surface area contributed by atoms with E-state index in [1.165, 1.54) is 0 Å². The van der Waals surface area contributed by atoms with Crippen LogP contribution in [-0.2, 0) is 22.6 Å². The second-order valence-electron chi connectivity index (χ2n) is 6.02. The van der Waals surface area contributed by atoms with Crippen molar-refractivity contribution in [3.63, 3.8) is 0 Å². The summed E-state index contributed by atoms with van der Waals surface area (Å²) in [6, 6.07) is 7.47. The van der Waals surface area contributed by atoms with Gasteiger partial charge in [-0.25, -0.2) is 4.68 Å². The van der Waals surface area contributed by atoms with Crippen molar-refractivity contribution in [2.45, 2.75) is 31.6 Å². The number of carbonyl (C=O) groups is 1. The highest BCUT2D eigenvalue weighted by atomic mass is 35.5. The number of likely N-dealkylation sites (tertiary alicyclic amines) is 1. The molecule has 4 rings (SSSR count). The fraction of sp³-hybridized carbons (Fsp3) is 0.438. The summed E-state index contributed by atoms with van der Waals surface area (Å²) < 4.78 is 7.79. The lowest BCUT2D eigenvalue weighted by Crippen LogP contribution is -2.50. The van der Waals surface area contributed by atoms with Gasteiger partial charge in [0.05, 0.1) is 37.1 Å². The molecule has 0 aliphatic carbocycles. The Morgan fingerprint density at radius 1 is 1.35 bits per heavy atom. The molecule has 0 unspecified atom stereocenters. The van der Waals surface area contributed by atoms with Crippen molar-refractivity contribution in [2.24, 2.45) is 0 Å². The third kappa shape index (κ3) is 2.84. The first-order chi connectivity index (χ1) is 11.2. The van der Waals surface area contributed by atoms with Gasteiger partial charge in [-0.1, -0.05) is 28.9 Å². The molecule has 0 radical (unpaired) electrons. The molecule has 0 spiro atoms. The molecule has 23 heavy (non-hydrogen) atoms. The van der Waals surface area contributed by atoms with Crippen molar-refractivity contribution in [1.82, 2.24) is 19.9 Å². The van der Waals surface area contributed by atoms with Crippen LogP contribution in [-0.4, -0.2) is 45.0 Å². The predicted octanol–water partition coefficient (Wildman–Crippen LogP) is 1.85. The van der Waals surface area contributed by atoms with Crippen LogP contribution in [0.2, 0.25) is 5.02 Å². The summed E-state index contributed by atoms with van der Waals surface area (Å²) in [5, 5.41) is 8.80. The smallest absolute Gasteiger partial charge is 0.227 e. The monoisotopic (exact) mass is 332 g/mol. The van der Waals surface area contributed by atoms with Crippen molar-refractivity contribution in [2.75, 3.05) is 13.1 Å². The summed E-state index contributed by atoms with van der Waals surface area (Å²) >= 11 is 5.89. The molecule has 1 aromatic heterocycles. The Bertz CT molecular complexity index is 715. The topological polar surface area (TPSA) is 60.3 Å². The lowest BCUT2D eigenvalue weighted by atomic mass is 9.99. The van der Waals surface area contributed by atoms with E-state index in [0.717, 1.165) is 24.2 Å². The van der Waals surface area contributed by atoms with Gasteiger partial charge in [-0.2, -0.15) is 0 Å². The number of halogens is 1. The van der Waals surface area contributed by atoms with Crippen LogP contribution >= 0.6 is 11.6 Å². The molecule has 120 valence electrons. The summed E-state index contributed by atoms with van der Waals surface area (Å²) in [4.78, 5) is 14.5. The van der Waals surface area contributed by atoms with E-state index in [1.54, 1.807) is 6.20 Å². The summed E-state index contributed by atoms with van der Waals surface area (Å²) in [7, 11) is 0. The summed E-state index contributed by atoms with van der Waals surface area (Å²) in [5.74, 6) is 0.123. The number of piperidine rings is 1. The van der Waals surface area contributed by atoms with Crippen molar-refractivity contribution >= 4 is 17.5 Å². The number of aromatic nitrogens is 3. The molecule has 0 bridgehead atoms. The largest absolute Gasteiger partial charge is 0.370 e. The fourth-order valence-electron chi connectivity index (χ4n) is 3.29. The maximum atomic E-state index is 12.6. The number of fused-ring (bicyclic) bond motifs is 3. The Balaban J connectivity index is 1.47. The Kier molecular flexibility index (Phi) is 3.79. The van der Waals surface area contributed by atoms with Crippen LogP contribution < -0.4 is 0 Å². The van der Waals surface area contributed by atoms with E-state index < -0.39 is 0 Å². The van der Waals surface area contributed by atoms with Gasteiger partial charge in [-0.15, -0.1) is 5.10 Å². The van der Waals surface area contributed by atoms with Crippen molar-refractivity contribution in [3.8, 4) is 0 Å². The molecular weight excluding hydrogens is 316 g/mol. The molecule has 2 aliphatic heterocycles. The fourth-order valence-corrected chi connectivity index (χ4v) is 3.42. The van der Waals surface area contributed by atoms with E-state index in [2.05, 4.69) is 10.3 Å². The molecule has 0 N–H and O–H groups in total. The van der Waals surface area contributed by atoms with Crippen LogP contribution in [0.4, 0.5) is 0 Å². The van der Waals surface area contributed by atoms with Gasteiger partial charge in [-0.05, 0) is 24.1 Å². The third-order valence-corrected chi connectivity index (χ3v) is 4.80. The zero-order valence-corrected chi connectivity index (χ0v) is 13.3. The number of ether oxygens (including phenoxy) is 1. The number of hydrogen-bond donors (Lipinski definition) is 0. The Labute approximate surface area is 139 Å². The average Bonchev–Trinajstić information content (AvgIpc) is 3.05. The molecule has 1 aromatic carbocycles. The third-order valence-electron chi connectivity index (χ3n) is 4.55. The van der Waals surface area contributed by atoms with Crippen LogP contribution in [0.25, 0.3) is 0 Å². The Morgan fingerprint density at radius 3 is 3.00 bits per heavy atom. The highest BCUT2D eigenvalue weighted by Gasteiger charge is 2.37. The van der Waals surface area contributed by atoms with Crippen LogP contribution in [0, 0.1) is 0 Å². The van der Waals surface area contributed by atoms with Crippen LogP contribution in [0.1, 0.15) is 23.7 Å². The number of amides is 1. The lowest BCUT2D eigenvalue weighted by Gasteiger charge is -2.41. The first-order valence-corrected chi connectivity index (χ1v) is 8.11. The van der Waals surface area contributed by atoms with Crippen LogP contribution in [0.3, 0.4) is 0 Å². The van der Waals surface area contributed by atoms with E-state index in [0.29, 0.717) is 24.6 Å². The normalized spacial score (nSPS) is 23.3. The van der Waals surface area contributed by atoms with Crippen LogP contribution in [0.15, 0.2) is 30.5 Å². The van der Waals surface area contributed by atoms with E-state index >= 15 is 0 Å². The molecule has 1 amide bonds. The van der Waals surface area contributed by atoms with E-state index in [1.807, 2.05) is 33.8 Å². The molecular formula is C16H17ClN4O2. The van der Waals surface area contributed by atoms with Gasteiger partial charge >= 0.3 is 0 Å². The first kappa shape index (κ1) is 14.7. The summed E-state index contributed by atoms with van der Waals surface area (Å²) in [6.07, 6.45) is 3.06. The number of nitrogens with zero attached hydrogens (tertiary/aromatic N) is 4. The van der Waals surface area contributed by atoms with Gasteiger partial charge < -0.3 is 9.64 Å². The Hall–Kier alpha value is -1.92. The van der Waals surface area contributed by atoms with Gasteiger partial charge in [-0.3, -0.25) is 4.79 Å². The van der Waals surface area contributed by atoms with Crippen molar-refractivity contribution in [3.05, 3.63) is 46.7 Å². The number of rotatable bonds is 2. The van der Waals surface area contributed by atoms with Gasteiger partial charge in [0.15, 0.2) is 0 Å². The van der Waals surface area contributed by atoms with E-state index in [4.69, 9.17) is 16.3 Å². The maximum absolute atomic E-state index is 12.6. The number of hydrogen-bond acceptors (Lipinski definition) is 4. The van der Waals surface area contributed by atoms with E-state index in [-0.39, 0.29) is 18.1 Å². The quantitative estimate of drug-likeness (QED) is 0.842. The highest BCUT2D eigenvalue weighted by molar-refractivity contribution is 6.30. The molecule has 7 heteroatoms. The lowest BCUT2D eigenvalue weighted by molar-refractivity contribution is -0.137. The Morgan fingerprint density at radius 2 is 2.17 bits per heavy atom. The standard InChI is InChI=1S/C16H17ClN4O2/c17-12-3-1-11(2-4-12)7-16(22)20-6-5-15-14(9-20)21-13(10-23-15)8-18-19-21/h1-4,8,14-15H,5-7,9-10H2/t14-,15-/m1/s1. The summed E-state index contributed by atoms with van der Waals surface area (Å²) in [6.45, 7) is 1.89. The molecule has 6 nitrogen and oxygen atoms in total. The van der Waals surface area contributed by atoms with Crippen LogP contribution in [0.5, 0.6) is 0 Å².